The van der Waals surface area contributed by atoms with Gasteiger partial charge < -0.3 is 24.6 Å². The molecular weight excluding hydrogens is 392 g/mol. The Hall–Kier alpha value is -3.08. The van der Waals surface area contributed by atoms with Crippen molar-refractivity contribution in [1.82, 2.24) is 0 Å². The highest BCUT2D eigenvalue weighted by molar-refractivity contribution is 5.93. The van der Waals surface area contributed by atoms with E-state index in [1.807, 2.05) is 13.0 Å². The van der Waals surface area contributed by atoms with Crippen molar-refractivity contribution < 1.29 is 24.1 Å². The first-order valence-corrected chi connectivity index (χ1v) is 10.7. The van der Waals surface area contributed by atoms with E-state index in [0.29, 0.717) is 5.56 Å². The van der Waals surface area contributed by atoms with Gasteiger partial charge in [-0.25, -0.2) is 0 Å². The minimum absolute atomic E-state index is 0.0129. The van der Waals surface area contributed by atoms with Crippen LogP contribution in [0, 0.1) is 18.3 Å². The molecule has 0 radical (unpaired) electrons. The van der Waals surface area contributed by atoms with Gasteiger partial charge in [-0.1, -0.05) is 0 Å². The number of nitriles is 1. The van der Waals surface area contributed by atoms with Crippen LogP contribution in [-0.2, 0) is 11.3 Å². The number of ether oxygens (including phenoxy) is 2. The van der Waals surface area contributed by atoms with Gasteiger partial charge in [-0.3, -0.25) is 4.79 Å². The Kier molecular flexibility index (Phi) is 7.50. The van der Waals surface area contributed by atoms with Crippen LogP contribution in [-0.4, -0.2) is 52.3 Å². The fourth-order valence-corrected chi connectivity index (χ4v) is 4.08. The van der Waals surface area contributed by atoms with E-state index in [2.05, 4.69) is 24.4 Å². The second kappa shape index (κ2) is 10.3. The summed E-state index contributed by atoms with van der Waals surface area (Å²) < 4.78 is 10.9. The van der Waals surface area contributed by atoms with E-state index in [0.717, 1.165) is 49.9 Å². The molecule has 0 aromatic heterocycles. The molecule has 0 saturated carbocycles. The molecule has 7 heteroatoms. The van der Waals surface area contributed by atoms with Crippen LogP contribution in [0.4, 0.5) is 5.69 Å². The van der Waals surface area contributed by atoms with Gasteiger partial charge in [-0.2, -0.15) is 5.26 Å². The summed E-state index contributed by atoms with van der Waals surface area (Å²) in [6, 6.07) is 13.0. The van der Waals surface area contributed by atoms with Gasteiger partial charge in [0.25, 0.3) is 5.91 Å². The highest BCUT2D eigenvalue weighted by Crippen LogP contribution is 2.29. The second-order valence-electron chi connectivity index (χ2n) is 8.12. The Labute approximate surface area is 184 Å². The molecule has 3 N–H and O–H groups in total. The maximum atomic E-state index is 12.7. The van der Waals surface area contributed by atoms with E-state index in [-0.39, 0.29) is 11.9 Å². The second-order valence-corrected chi connectivity index (χ2v) is 8.12. The molecular formula is C24H32N4O3+2. The molecule has 1 heterocycles. The van der Waals surface area contributed by atoms with E-state index in [4.69, 9.17) is 14.7 Å². The van der Waals surface area contributed by atoms with Crippen molar-refractivity contribution >= 4 is 11.6 Å². The van der Waals surface area contributed by atoms with Crippen LogP contribution in [0.3, 0.4) is 0 Å². The van der Waals surface area contributed by atoms with Gasteiger partial charge in [-0.15, -0.1) is 0 Å². The molecule has 3 rings (SSSR count). The molecule has 1 fully saturated rings. The standard InChI is InChI=1S/C24H30N4O3/c1-17-13-22(30-3)23(31-4)14-20(17)16-27-9-11-28(12-10-27)18(2)24(29)26-21-7-5-19(15-25)6-8-21/h5-8,13-14,18H,9-12,16H2,1-4H3,(H,26,29)/p+2/t18-/m1/s1. The molecule has 31 heavy (non-hydrogen) atoms. The third-order valence-corrected chi connectivity index (χ3v) is 6.17. The monoisotopic (exact) mass is 424 g/mol. The maximum Gasteiger partial charge on any atom is 0.282 e. The number of aryl methyl sites for hydroxylation is 1. The van der Waals surface area contributed by atoms with Crippen molar-refractivity contribution in [3.05, 3.63) is 53.1 Å². The molecule has 2 aromatic rings. The smallest absolute Gasteiger partial charge is 0.282 e. The molecule has 2 aromatic carbocycles. The van der Waals surface area contributed by atoms with Crippen LogP contribution >= 0.6 is 0 Å². The minimum Gasteiger partial charge on any atom is -0.493 e. The molecule has 1 amide bonds. The number of anilines is 1. The Balaban J connectivity index is 1.54. The number of hydrogen-bond donors (Lipinski definition) is 3. The average Bonchev–Trinajstić information content (AvgIpc) is 2.80. The molecule has 1 aliphatic heterocycles. The quantitative estimate of drug-likeness (QED) is 0.593. The molecule has 1 atom stereocenters. The first kappa shape index (κ1) is 22.6. The van der Waals surface area contributed by atoms with Gasteiger partial charge >= 0.3 is 0 Å². The lowest BCUT2D eigenvalue weighted by Crippen LogP contribution is -3.29. The zero-order valence-corrected chi connectivity index (χ0v) is 18.7. The fourth-order valence-electron chi connectivity index (χ4n) is 4.08. The van der Waals surface area contributed by atoms with Crippen LogP contribution in [0.5, 0.6) is 11.5 Å². The zero-order chi connectivity index (χ0) is 22.4. The maximum absolute atomic E-state index is 12.7. The highest BCUT2D eigenvalue weighted by Gasteiger charge is 2.31. The molecule has 7 nitrogen and oxygen atoms in total. The Bertz CT molecular complexity index is 945. The van der Waals surface area contributed by atoms with Crippen molar-refractivity contribution in [2.45, 2.75) is 26.4 Å². The lowest BCUT2D eigenvalue weighted by Gasteiger charge is -2.33. The summed E-state index contributed by atoms with van der Waals surface area (Å²) in [4.78, 5) is 15.5. The molecule has 0 aliphatic carbocycles. The first-order valence-electron chi connectivity index (χ1n) is 10.7. The molecule has 0 bridgehead atoms. The van der Waals surface area contributed by atoms with Gasteiger partial charge in [0, 0.05) is 11.3 Å². The van der Waals surface area contributed by atoms with E-state index in [1.54, 1.807) is 38.5 Å². The van der Waals surface area contributed by atoms with Gasteiger partial charge in [0.2, 0.25) is 0 Å². The summed E-state index contributed by atoms with van der Waals surface area (Å²) in [6.45, 7) is 8.94. The van der Waals surface area contributed by atoms with Gasteiger partial charge in [-0.05, 0) is 55.8 Å². The summed E-state index contributed by atoms with van der Waals surface area (Å²) in [5.74, 6) is 1.54. The molecule has 1 saturated heterocycles. The van der Waals surface area contributed by atoms with Crippen LogP contribution in [0.25, 0.3) is 0 Å². The number of hydrogen-bond acceptors (Lipinski definition) is 4. The lowest BCUT2D eigenvalue weighted by molar-refractivity contribution is -1.02. The number of quaternary nitrogens is 2. The largest absolute Gasteiger partial charge is 0.493 e. The Morgan fingerprint density at radius 3 is 2.29 bits per heavy atom. The summed E-state index contributed by atoms with van der Waals surface area (Å²) in [6.07, 6.45) is 0. The zero-order valence-electron chi connectivity index (χ0n) is 18.7. The lowest BCUT2D eigenvalue weighted by atomic mass is 10.1. The molecule has 1 aliphatic rings. The third-order valence-electron chi connectivity index (χ3n) is 6.17. The van der Waals surface area contributed by atoms with Crippen LogP contribution in [0.1, 0.15) is 23.6 Å². The van der Waals surface area contributed by atoms with Crippen LogP contribution in [0.15, 0.2) is 36.4 Å². The number of carbonyl (C=O) groups excluding carboxylic acids is 1. The predicted octanol–water partition coefficient (Wildman–Crippen LogP) is 0.195. The SMILES string of the molecule is COc1cc(C)c(C[NH+]2CC[NH+]([C@H](C)C(=O)Nc3ccc(C#N)cc3)CC2)cc1OC. The van der Waals surface area contributed by atoms with E-state index in [9.17, 15) is 4.79 Å². The summed E-state index contributed by atoms with van der Waals surface area (Å²) in [5, 5.41) is 11.9. The Morgan fingerprint density at radius 2 is 1.71 bits per heavy atom. The van der Waals surface area contributed by atoms with Crippen molar-refractivity contribution in [3.63, 3.8) is 0 Å². The number of nitrogens with one attached hydrogen (secondary N) is 3. The number of amides is 1. The molecule has 0 unspecified atom stereocenters. The number of nitrogens with zero attached hydrogens (tertiary/aromatic N) is 1. The van der Waals surface area contributed by atoms with Crippen molar-refractivity contribution in [2.24, 2.45) is 0 Å². The van der Waals surface area contributed by atoms with Crippen molar-refractivity contribution in [3.8, 4) is 17.6 Å². The summed E-state index contributed by atoms with van der Waals surface area (Å²) in [7, 11) is 3.32. The minimum atomic E-state index is -0.125. The van der Waals surface area contributed by atoms with E-state index < -0.39 is 0 Å². The average molecular weight is 425 g/mol. The number of rotatable bonds is 7. The third kappa shape index (κ3) is 5.54. The van der Waals surface area contributed by atoms with Crippen LogP contribution < -0.4 is 24.6 Å². The van der Waals surface area contributed by atoms with Crippen molar-refractivity contribution in [1.29, 1.82) is 5.26 Å². The first-order chi connectivity index (χ1) is 14.9. The predicted molar refractivity (Wildman–Crippen MR) is 119 cm³/mol. The number of piperazine rings is 1. The number of methoxy groups -OCH3 is 2. The van der Waals surface area contributed by atoms with E-state index in [1.165, 1.54) is 20.9 Å². The fraction of sp³-hybridized carbons (Fsp3) is 0.417. The van der Waals surface area contributed by atoms with Crippen LogP contribution in [0.2, 0.25) is 0 Å². The number of carbonyl (C=O) groups is 1. The summed E-state index contributed by atoms with van der Waals surface area (Å²) in [5.41, 5.74) is 3.78. The topological polar surface area (TPSA) is 80.2 Å². The molecule has 0 spiro atoms. The summed E-state index contributed by atoms with van der Waals surface area (Å²) >= 11 is 0. The van der Waals surface area contributed by atoms with Gasteiger partial charge in [0.15, 0.2) is 17.5 Å². The Morgan fingerprint density at radius 1 is 1.10 bits per heavy atom. The number of benzene rings is 2. The van der Waals surface area contributed by atoms with E-state index >= 15 is 0 Å². The highest BCUT2D eigenvalue weighted by atomic mass is 16.5. The van der Waals surface area contributed by atoms with Crippen molar-refractivity contribution in [2.75, 3.05) is 45.7 Å². The van der Waals surface area contributed by atoms with Gasteiger partial charge in [0.05, 0.1) is 25.9 Å². The van der Waals surface area contributed by atoms with Gasteiger partial charge in [0.1, 0.15) is 32.7 Å². The normalized spacial score (nSPS) is 19.2. The molecule has 164 valence electrons.